The molecule has 0 radical (unpaired) electrons. The van der Waals surface area contributed by atoms with Crippen molar-refractivity contribution in [2.24, 2.45) is 5.92 Å². The normalized spacial score (nSPS) is 15.2. The first-order chi connectivity index (χ1) is 8.18. The number of rotatable bonds is 3. The Morgan fingerprint density at radius 2 is 2.24 bits per heavy atom. The Kier molecular flexibility index (Phi) is 2.40. The fourth-order valence-electron chi connectivity index (χ4n) is 1.87. The molecule has 3 nitrogen and oxygen atoms in total. The molecule has 0 atom stereocenters. The molecule has 0 spiro atoms. The molecule has 88 valence electrons. The molecule has 4 heteroatoms. The van der Waals surface area contributed by atoms with E-state index < -0.39 is 0 Å². The fraction of sp³-hybridized carbons (Fsp3) is 0.385. The van der Waals surface area contributed by atoms with Gasteiger partial charge in [-0.25, -0.2) is 0 Å². The van der Waals surface area contributed by atoms with Gasteiger partial charge in [0.25, 0.3) is 0 Å². The van der Waals surface area contributed by atoms with Crippen molar-refractivity contribution < 1.29 is 9.32 Å². The molecule has 3 rings (SSSR count). The Morgan fingerprint density at radius 1 is 1.47 bits per heavy atom. The van der Waals surface area contributed by atoms with Crippen LogP contribution in [-0.2, 0) is 0 Å². The monoisotopic (exact) mass is 247 g/mol. The number of thiophene rings is 1. The molecule has 0 N–H and O–H groups in total. The Balaban J connectivity index is 2.06. The Bertz CT molecular complexity index is 578. The number of carbonyl (C=O) groups excluding carboxylic acids is 1. The van der Waals surface area contributed by atoms with Crippen LogP contribution in [0.5, 0.6) is 0 Å². The first-order valence-corrected chi connectivity index (χ1v) is 6.60. The minimum atomic E-state index is 0.187. The highest BCUT2D eigenvalue weighted by Crippen LogP contribution is 2.38. The lowest BCUT2D eigenvalue weighted by Gasteiger charge is -1.99. The summed E-state index contributed by atoms with van der Waals surface area (Å²) in [6.45, 7) is 4.11. The average Bonchev–Trinajstić information content (AvgIpc) is 2.98. The summed E-state index contributed by atoms with van der Waals surface area (Å²) in [6.07, 6.45) is 3.57. The molecule has 17 heavy (non-hydrogen) atoms. The number of hydrogen-bond acceptors (Lipinski definition) is 4. The average molecular weight is 247 g/mol. The van der Waals surface area contributed by atoms with Gasteiger partial charge in [-0.1, -0.05) is 5.16 Å². The second-order valence-corrected chi connectivity index (χ2v) is 5.46. The minimum Gasteiger partial charge on any atom is -0.355 e. The van der Waals surface area contributed by atoms with Gasteiger partial charge in [0.05, 0.1) is 16.6 Å². The summed E-state index contributed by atoms with van der Waals surface area (Å²) in [5.41, 5.74) is 3.06. The number of aryl methyl sites for hydroxylation is 1. The van der Waals surface area contributed by atoms with E-state index in [4.69, 9.17) is 4.52 Å². The van der Waals surface area contributed by atoms with Crippen LogP contribution in [0.4, 0.5) is 0 Å². The highest BCUT2D eigenvalue weighted by atomic mass is 32.1. The quantitative estimate of drug-likeness (QED) is 0.778. The van der Waals surface area contributed by atoms with Gasteiger partial charge in [0.1, 0.15) is 0 Å². The molecule has 1 saturated carbocycles. The van der Waals surface area contributed by atoms with Crippen molar-refractivity contribution in [3.63, 3.8) is 0 Å². The molecule has 0 bridgehead atoms. The topological polar surface area (TPSA) is 43.1 Å². The number of nitrogens with zero attached hydrogens (tertiary/aromatic N) is 1. The van der Waals surface area contributed by atoms with E-state index in [-0.39, 0.29) is 11.7 Å². The van der Waals surface area contributed by atoms with Crippen molar-refractivity contribution in [3.05, 3.63) is 28.3 Å². The van der Waals surface area contributed by atoms with E-state index in [1.165, 1.54) is 11.1 Å². The SMILES string of the molecule is Cc1csc(-c2oncc2C(=O)C2CC2)c1C. The molecular weight excluding hydrogens is 234 g/mol. The summed E-state index contributed by atoms with van der Waals surface area (Å²) in [5, 5.41) is 5.87. The smallest absolute Gasteiger partial charge is 0.187 e. The van der Waals surface area contributed by atoms with Gasteiger partial charge < -0.3 is 4.52 Å². The van der Waals surface area contributed by atoms with Gasteiger partial charge in [0.2, 0.25) is 0 Å². The van der Waals surface area contributed by atoms with Crippen molar-refractivity contribution in [1.82, 2.24) is 5.16 Å². The first kappa shape index (κ1) is 10.7. The van der Waals surface area contributed by atoms with Crippen LogP contribution < -0.4 is 0 Å². The predicted octanol–water partition coefficient (Wildman–Crippen LogP) is 3.61. The minimum absolute atomic E-state index is 0.187. The molecule has 2 aromatic rings. The van der Waals surface area contributed by atoms with Crippen molar-refractivity contribution >= 4 is 17.1 Å². The molecule has 1 aliphatic rings. The second-order valence-electron chi connectivity index (χ2n) is 4.58. The van der Waals surface area contributed by atoms with Gasteiger partial charge in [-0.3, -0.25) is 4.79 Å². The third kappa shape index (κ3) is 1.72. The van der Waals surface area contributed by atoms with Crippen LogP contribution in [0.2, 0.25) is 0 Å². The lowest BCUT2D eigenvalue weighted by Crippen LogP contribution is -2.01. The van der Waals surface area contributed by atoms with E-state index in [1.54, 1.807) is 17.5 Å². The summed E-state index contributed by atoms with van der Waals surface area (Å²) in [5.74, 6) is 1.04. The van der Waals surface area contributed by atoms with E-state index in [1.807, 2.05) is 0 Å². The standard InChI is InChI=1S/C13H13NO2S/c1-7-6-17-13(8(7)2)12-10(5-14-16-12)11(15)9-3-4-9/h5-6,9H,3-4H2,1-2H3. The van der Waals surface area contributed by atoms with Crippen LogP contribution in [0.25, 0.3) is 10.6 Å². The summed E-state index contributed by atoms with van der Waals surface area (Å²) < 4.78 is 5.28. The highest BCUT2D eigenvalue weighted by Gasteiger charge is 2.34. The molecule has 0 aromatic carbocycles. The van der Waals surface area contributed by atoms with Gasteiger partial charge in [-0.2, -0.15) is 0 Å². The van der Waals surface area contributed by atoms with Crippen molar-refractivity contribution in [1.29, 1.82) is 0 Å². The largest absolute Gasteiger partial charge is 0.355 e. The maximum atomic E-state index is 12.1. The van der Waals surface area contributed by atoms with Crippen molar-refractivity contribution in [2.75, 3.05) is 0 Å². The van der Waals surface area contributed by atoms with Crippen molar-refractivity contribution in [2.45, 2.75) is 26.7 Å². The molecular formula is C13H13NO2S. The number of hydrogen-bond donors (Lipinski definition) is 0. The molecule has 1 fully saturated rings. The highest BCUT2D eigenvalue weighted by molar-refractivity contribution is 7.13. The number of ketones is 1. The van der Waals surface area contributed by atoms with E-state index in [2.05, 4.69) is 24.4 Å². The van der Waals surface area contributed by atoms with Crippen LogP contribution in [0.15, 0.2) is 16.1 Å². The van der Waals surface area contributed by atoms with Gasteiger partial charge in [-0.05, 0) is 43.2 Å². The molecule has 0 aliphatic heterocycles. The predicted molar refractivity (Wildman–Crippen MR) is 66.3 cm³/mol. The zero-order valence-electron chi connectivity index (χ0n) is 9.82. The summed E-state index contributed by atoms with van der Waals surface area (Å²) >= 11 is 1.61. The van der Waals surface area contributed by atoms with Gasteiger partial charge in [-0.15, -0.1) is 11.3 Å². The number of carbonyl (C=O) groups is 1. The van der Waals surface area contributed by atoms with E-state index >= 15 is 0 Å². The maximum Gasteiger partial charge on any atom is 0.187 e. The molecule has 1 aliphatic carbocycles. The molecule has 0 unspecified atom stereocenters. The first-order valence-electron chi connectivity index (χ1n) is 5.72. The van der Waals surface area contributed by atoms with Gasteiger partial charge in [0.15, 0.2) is 11.5 Å². The lowest BCUT2D eigenvalue weighted by molar-refractivity contribution is 0.0968. The Hall–Kier alpha value is -1.42. The number of Topliss-reactive ketones (excluding diaryl/α,β-unsaturated/α-hetero) is 1. The van der Waals surface area contributed by atoms with Crippen LogP contribution in [0, 0.1) is 19.8 Å². The van der Waals surface area contributed by atoms with Crippen molar-refractivity contribution in [3.8, 4) is 10.6 Å². The van der Waals surface area contributed by atoms with Gasteiger partial charge in [0, 0.05) is 5.92 Å². The maximum absolute atomic E-state index is 12.1. The second kappa shape index (κ2) is 3.81. The third-order valence-electron chi connectivity index (χ3n) is 3.28. The third-order valence-corrected chi connectivity index (χ3v) is 4.47. The zero-order valence-corrected chi connectivity index (χ0v) is 10.6. The van der Waals surface area contributed by atoms with E-state index in [0.717, 1.165) is 17.7 Å². The summed E-state index contributed by atoms with van der Waals surface area (Å²) in [4.78, 5) is 13.1. The van der Waals surface area contributed by atoms with Crippen LogP contribution in [-0.4, -0.2) is 10.9 Å². The van der Waals surface area contributed by atoms with Crippen LogP contribution in [0.1, 0.15) is 34.3 Å². The van der Waals surface area contributed by atoms with Crippen LogP contribution in [0.3, 0.4) is 0 Å². The van der Waals surface area contributed by atoms with E-state index in [9.17, 15) is 4.79 Å². The zero-order chi connectivity index (χ0) is 12.0. The van der Waals surface area contributed by atoms with E-state index in [0.29, 0.717) is 11.3 Å². The lowest BCUT2D eigenvalue weighted by atomic mass is 10.1. The molecule has 0 saturated heterocycles. The fourth-order valence-corrected chi connectivity index (χ4v) is 2.93. The molecule has 2 aromatic heterocycles. The number of aromatic nitrogens is 1. The Labute approximate surface area is 103 Å². The Morgan fingerprint density at radius 3 is 2.82 bits per heavy atom. The molecule has 2 heterocycles. The summed E-state index contributed by atoms with van der Waals surface area (Å²) in [6, 6.07) is 0. The van der Waals surface area contributed by atoms with Gasteiger partial charge >= 0.3 is 0 Å². The summed E-state index contributed by atoms with van der Waals surface area (Å²) in [7, 11) is 0. The van der Waals surface area contributed by atoms with Crippen LogP contribution >= 0.6 is 11.3 Å². The molecule has 0 amide bonds.